The first-order valence-corrected chi connectivity index (χ1v) is 9.47. The van der Waals surface area contributed by atoms with E-state index in [4.69, 9.17) is 4.98 Å². The van der Waals surface area contributed by atoms with Crippen molar-refractivity contribution in [1.82, 2.24) is 19.9 Å². The quantitative estimate of drug-likeness (QED) is 0.751. The van der Waals surface area contributed by atoms with Gasteiger partial charge in [-0.1, -0.05) is 20.8 Å². The van der Waals surface area contributed by atoms with Gasteiger partial charge in [-0.15, -0.1) is 0 Å². The Morgan fingerprint density at radius 2 is 2.12 bits per heavy atom. The molecule has 1 saturated heterocycles. The lowest BCUT2D eigenvalue weighted by Crippen LogP contribution is -2.27. The van der Waals surface area contributed by atoms with E-state index in [1.807, 2.05) is 24.7 Å². The van der Waals surface area contributed by atoms with E-state index in [2.05, 4.69) is 53.6 Å². The molecule has 4 rings (SSSR count). The van der Waals surface area contributed by atoms with Crippen molar-refractivity contribution in [1.29, 1.82) is 0 Å². The zero-order chi connectivity index (χ0) is 18.3. The molecule has 5 nitrogen and oxygen atoms in total. The number of anilines is 1. The molecular formula is C21H27N5. The van der Waals surface area contributed by atoms with Crippen molar-refractivity contribution >= 4 is 17.0 Å². The SMILES string of the molecule is CC1CCCN1c1cc(-c2cnc3[nH]cc(CC(C)(C)C)c3n2)ccn1. The predicted octanol–water partition coefficient (Wildman–Crippen LogP) is 4.60. The van der Waals surface area contributed by atoms with Gasteiger partial charge in [0, 0.05) is 30.5 Å². The Labute approximate surface area is 154 Å². The highest BCUT2D eigenvalue weighted by Crippen LogP contribution is 2.29. The summed E-state index contributed by atoms with van der Waals surface area (Å²) in [4.78, 5) is 19.8. The summed E-state index contributed by atoms with van der Waals surface area (Å²) in [5.41, 5.74) is 5.25. The lowest BCUT2D eigenvalue weighted by atomic mass is 9.89. The van der Waals surface area contributed by atoms with Crippen LogP contribution in [0.1, 0.15) is 46.1 Å². The van der Waals surface area contributed by atoms with Gasteiger partial charge in [0.05, 0.1) is 11.9 Å². The van der Waals surface area contributed by atoms with Gasteiger partial charge in [-0.25, -0.2) is 15.0 Å². The summed E-state index contributed by atoms with van der Waals surface area (Å²) in [6.07, 6.45) is 9.22. The highest BCUT2D eigenvalue weighted by atomic mass is 15.2. The minimum Gasteiger partial charge on any atom is -0.354 e. The molecule has 0 saturated carbocycles. The Morgan fingerprint density at radius 1 is 1.27 bits per heavy atom. The summed E-state index contributed by atoms with van der Waals surface area (Å²) in [6.45, 7) is 10.1. The zero-order valence-electron chi connectivity index (χ0n) is 16.1. The Balaban J connectivity index is 1.71. The number of nitrogens with one attached hydrogen (secondary N) is 1. The topological polar surface area (TPSA) is 57.7 Å². The van der Waals surface area contributed by atoms with Crippen molar-refractivity contribution in [2.45, 2.75) is 53.0 Å². The molecule has 1 atom stereocenters. The number of hydrogen-bond acceptors (Lipinski definition) is 4. The first-order chi connectivity index (χ1) is 12.4. The first kappa shape index (κ1) is 17.0. The van der Waals surface area contributed by atoms with Crippen LogP contribution in [0.4, 0.5) is 5.82 Å². The molecule has 5 heteroatoms. The normalized spacial score (nSPS) is 18.0. The maximum absolute atomic E-state index is 4.94. The second-order valence-electron chi connectivity index (χ2n) is 8.59. The van der Waals surface area contributed by atoms with Crippen LogP contribution in [0.5, 0.6) is 0 Å². The van der Waals surface area contributed by atoms with E-state index in [-0.39, 0.29) is 5.41 Å². The third kappa shape index (κ3) is 3.30. The monoisotopic (exact) mass is 349 g/mol. The van der Waals surface area contributed by atoms with Crippen LogP contribution in [0.2, 0.25) is 0 Å². The maximum Gasteiger partial charge on any atom is 0.156 e. The van der Waals surface area contributed by atoms with Crippen LogP contribution in [0.3, 0.4) is 0 Å². The third-order valence-corrected chi connectivity index (χ3v) is 5.07. The molecule has 4 heterocycles. The second-order valence-corrected chi connectivity index (χ2v) is 8.59. The fourth-order valence-corrected chi connectivity index (χ4v) is 3.80. The van der Waals surface area contributed by atoms with Gasteiger partial charge in [-0.3, -0.25) is 0 Å². The van der Waals surface area contributed by atoms with Crippen molar-refractivity contribution in [2.24, 2.45) is 5.41 Å². The van der Waals surface area contributed by atoms with E-state index >= 15 is 0 Å². The molecule has 1 N–H and O–H groups in total. The molecule has 0 amide bonds. The summed E-state index contributed by atoms with van der Waals surface area (Å²) in [7, 11) is 0. The fraction of sp³-hybridized carbons (Fsp3) is 0.476. The average Bonchev–Trinajstić information content (AvgIpc) is 3.20. The van der Waals surface area contributed by atoms with Crippen molar-refractivity contribution in [2.75, 3.05) is 11.4 Å². The second kappa shape index (κ2) is 6.38. The molecule has 3 aromatic rings. The summed E-state index contributed by atoms with van der Waals surface area (Å²) in [5, 5.41) is 0. The van der Waals surface area contributed by atoms with Crippen LogP contribution in [-0.2, 0) is 6.42 Å². The Hall–Kier alpha value is -2.43. The Morgan fingerprint density at radius 3 is 2.85 bits per heavy atom. The van der Waals surface area contributed by atoms with Crippen LogP contribution < -0.4 is 4.90 Å². The number of rotatable bonds is 3. The Bertz CT molecular complexity index is 922. The third-order valence-electron chi connectivity index (χ3n) is 5.07. The van der Waals surface area contributed by atoms with Gasteiger partial charge in [0.1, 0.15) is 11.3 Å². The standard InChI is InChI=1S/C21H27N5/c1-14-6-5-9-26(14)18-10-15(7-8-22-18)17-13-24-20-19(25-17)16(12-23-20)11-21(2,3)4/h7-8,10,12-14H,5-6,9,11H2,1-4H3,(H,23,24). The van der Waals surface area contributed by atoms with E-state index < -0.39 is 0 Å². The zero-order valence-corrected chi connectivity index (χ0v) is 16.1. The molecule has 1 fully saturated rings. The number of aromatic amines is 1. The summed E-state index contributed by atoms with van der Waals surface area (Å²) < 4.78 is 0. The number of H-pyrrole nitrogens is 1. The highest BCUT2D eigenvalue weighted by Gasteiger charge is 2.22. The van der Waals surface area contributed by atoms with Crippen LogP contribution >= 0.6 is 0 Å². The van der Waals surface area contributed by atoms with Crippen LogP contribution in [-0.4, -0.2) is 32.5 Å². The predicted molar refractivity (Wildman–Crippen MR) is 106 cm³/mol. The number of nitrogens with zero attached hydrogens (tertiary/aromatic N) is 4. The van der Waals surface area contributed by atoms with Gasteiger partial charge in [0.15, 0.2) is 5.65 Å². The Kier molecular flexibility index (Phi) is 4.17. The highest BCUT2D eigenvalue weighted by molar-refractivity contribution is 5.78. The number of aromatic nitrogens is 4. The van der Waals surface area contributed by atoms with Crippen molar-refractivity contribution in [3.63, 3.8) is 0 Å². The van der Waals surface area contributed by atoms with Crippen LogP contribution in [0.25, 0.3) is 22.4 Å². The van der Waals surface area contributed by atoms with Crippen LogP contribution in [0, 0.1) is 5.41 Å². The number of fused-ring (bicyclic) bond motifs is 1. The molecule has 0 radical (unpaired) electrons. The summed E-state index contributed by atoms with van der Waals surface area (Å²) >= 11 is 0. The maximum atomic E-state index is 4.94. The molecule has 0 spiro atoms. The molecule has 26 heavy (non-hydrogen) atoms. The smallest absolute Gasteiger partial charge is 0.156 e. The minimum atomic E-state index is 0.211. The fourth-order valence-electron chi connectivity index (χ4n) is 3.80. The number of hydrogen-bond donors (Lipinski definition) is 1. The first-order valence-electron chi connectivity index (χ1n) is 9.47. The van der Waals surface area contributed by atoms with E-state index in [0.29, 0.717) is 6.04 Å². The molecule has 1 unspecified atom stereocenters. The molecule has 0 bridgehead atoms. The van der Waals surface area contributed by atoms with Crippen molar-refractivity contribution in [3.8, 4) is 11.3 Å². The van der Waals surface area contributed by atoms with Crippen LogP contribution in [0.15, 0.2) is 30.7 Å². The van der Waals surface area contributed by atoms with Crippen molar-refractivity contribution < 1.29 is 0 Å². The minimum absolute atomic E-state index is 0.211. The molecule has 1 aliphatic heterocycles. The molecule has 136 valence electrons. The lowest BCUT2D eigenvalue weighted by Gasteiger charge is -2.22. The van der Waals surface area contributed by atoms with E-state index in [1.165, 1.54) is 18.4 Å². The molecular weight excluding hydrogens is 322 g/mol. The number of pyridine rings is 1. The van der Waals surface area contributed by atoms with E-state index in [1.54, 1.807) is 0 Å². The van der Waals surface area contributed by atoms with Gasteiger partial charge in [0.25, 0.3) is 0 Å². The van der Waals surface area contributed by atoms with E-state index in [0.717, 1.165) is 41.2 Å². The average molecular weight is 349 g/mol. The van der Waals surface area contributed by atoms with Gasteiger partial charge in [-0.2, -0.15) is 0 Å². The molecule has 0 aliphatic carbocycles. The van der Waals surface area contributed by atoms with Gasteiger partial charge >= 0.3 is 0 Å². The van der Waals surface area contributed by atoms with Gasteiger partial charge < -0.3 is 9.88 Å². The van der Waals surface area contributed by atoms with Gasteiger partial charge in [0.2, 0.25) is 0 Å². The largest absolute Gasteiger partial charge is 0.354 e. The summed E-state index contributed by atoms with van der Waals surface area (Å²) in [6, 6.07) is 4.72. The molecule has 3 aromatic heterocycles. The van der Waals surface area contributed by atoms with E-state index in [9.17, 15) is 0 Å². The van der Waals surface area contributed by atoms with Gasteiger partial charge in [-0.05, 0) is 49.3 Å². The van der Waals surface area contributed by atoms with Crippen molar-refractivity contribution in [3.05, 3.63) is 36.3 Å². The molecule has 0 aromatic carbocycles. The lowest BCUT2D eigenvalue weighted by molar-refractivity contribution is 0.412. The summed E-state index contributed by atoms with van der Waals surface area (Å²) in [5.74, 6) is 1.04. The molecule has 1 aliphatic rings.